The summed E-state index contributed by atoms with van der Waals surface area (Å²) >= 11 is 0. The van der Waals surface area contributed by atoms with E-state index < -0.39 is 36.7 Å². The Morgan fingerprint density at radius 3 is 2.69 bits per heavy atom. The van der Waals surface area contributed by atoms with Crippen molar-refractivity contribution >= 4 is 12.0 Å². The first-order valence-corrected chi connectivity index (χ1v) is 8.48. The molecule has 0 aliphatic heterocycles. The van der Waals surface area contributed by atoms with Gasteiger partial charge in [-0.25, -0.2) is 0 Å². The highest BCUT2D eigenvalue weighted by Gasteiger charge is 2.38. The second kappa shape index (κ2) is 8.68. The quantitative estimate of drug-likeness (QED) is 0.715. The third-order valence-corrected chi connectivity index (χ3v) is 4.33. The van der Waals surface area contributed by atoms with Crippen LogP contribution in [0.5, 0.6) is 0 Å². The maximum Gasteiger partial charge on any atom is 0.471 e. The molecule has 1 fully saturated rings. The van der Waals surface area contributed by atoms with Crippen LogP contribution in [0.3, 0.4) is 0 Å². The summed E-state index contributed by atoms with van der Waals surface area (Å²) in [5, 5.41) is 22.2. The fraction of sp³-hybridized carbons (Fsp3) is 0.526. The second-order valence-corrected chi connectivity index (χ2v) is 6.45. The van der Waals surface area contributed by atoms with Gasteiger partial charge >= 0.3 is 12.1 Å². The van der Waals surface area contributed by atoms with Crippen LogP contribution in [0.4, 0.5) is 13.2 Å². The lowest BCUT2D eigenvalue weighted by atomic mass is 9.84. The van der Waals surface area contributed by atoms with Crippen molar-refractivity contribution < 1.29 is 30.9 Å². The summed E-state index contributed by atoms with van der Waals surface area (Å²) < 4.78 is 52.4. The molecule has 1 saturated carbocycles. The number of hydrogen-bond donors (Lipinski definition) is 3. The summed E-state index contributed by atoms with van der Waals surface area (Å²) in [5.74, 6) is -2.26. The Balaban J connectivity index is 2.08. The standard InChI is InChI=1S/C19H24F3NO3/c20-19(21,22)17(25)23-12-8-16(24)15-6-4-5-14(13-15)7-11-18(26)9-2-1-3-10-18/h4-7,11,13,16,24,26H,1-3,8-10,12H2,(H,23,25)/i8D2. The van der Waals surface area contributed by atoms with Crippen molar-refractivity contribution in [2.75, 3.05) is 6.54 Å². The maximum atomic E-state index is 12.2. The Hall–Kier alpha value is -1.86. The Bertz CT molecular complexity index is 717. The molecule has 0 radical (unpaired) electrons. The number of hydrogen-bond acceptors (Lipinski definition) is 3. The van der Waals surface area contributed by atoms with Gasteiger partial charge in [0.15, 0.2) is 0 Å². The van der Waals surface area contributed by atoms with E-state index in [-0.39, 0.29) is 5.56 Å². The summed E-state index contributed by atoms with van der Waals surface area (Å²) in [6.07, 6.45) is -1.73. The van der Waals surface area contributed by atoms with Crippen LogP contribution in [0, 0.1) is 0 Å². The van der Waals surface area contributed by atoms with E-state index in [1.807, 2.05) is 0 Å². The Labute approximate surface area is 153 Å². The molecule has 0 aromatic heterocycles. The van der Waals surface area contributed by atoms with Crippen molar-refractivity contribution in [1.82, 2.24) is 5.32 Å². The molecule has 1 aromatic rings. The van der Waals surface area contributed by atoms with Gasteiger partial charge in [0, 0.05) is 9.29 Å². The molecule has 7 heteroatoms. The molecule has 0 bridgehead atoms. The van der Waals surface area contributed by atoms with Crippen LogP contribution in [0.1, 0.15) is 58.4 Å². The molecule has 26 heavy (non-hydrogen) atoms. The molecule has 2 rings (SSSR count). The zero-order chi connectivity index (χ0) is 21.0. The molecule has 144 valence electrons. The normalized spacial score (nSPS) is 20.3. The summed E-state index contributed by atoms with van der Waals surface area (Å²) in [5.41, 5.74) is -0.113. The van der Waals surface area contributed by atoms with Crippen molar-refractivity contribution in [3.63, 3.8) is 0 Å². The second-order valence-electron chi connectivity index (χ2n) is 6.45. The molecule has 4 nitrogen and oxygen atoms in total. The van der Waals surface area contributed by atoms with E-state index in [1.54, 1.807) is 24.3 Å². The molecular weight excluding hydrogens is 347 g/mol. The van der Waals surface area contributed by atoms with Crippen molar-refractivity contribution in [2.45, 2.75) is 56.4 Å². The van der Waals surface area contributed by atoms with Gasteiger partial charge in [0.25, 0.3) is 0 Å². The van der Waals surface area contributed by atoms with Gasteiger partial charge in [-0.3, -0.25) is 4.79 Å². The third-order valence-electron chi connectivity index (χ3n) is 4.33. The van der Waals surface area contributed by atoms with Crippen LogP contribution in [-0.2, 0) is 4.79 Å². The van der Waals surface area contributed by atoms with E-state index >= 15 is 0 Å². The number of halogens is 3. The number of aliphatic hydroxyl groups is 2. The number of rotatable bonds is 6. The minimum Gasteiger partial charge on any atom is -0.388 e. The highest BCUT2D eigenvalue weighted by Crippen LogP contribution is 2.30. The highest BCUT2D eigenvalue weighted by molar-refractivity contribution is 5.81. The van der Waals surface area contributed by atoms with E-state index in [0.717, 1.165) is 19.3 Å². The minimum atomic E-state index is -5.12. The molecule has 1 atom stereocenters. The molecule has 0 heterocycles. The van der Waals surface area contributed by atoms with Crippen molar-refractivity contribution in [3.05, 3.63) is 41.5 Å². The molecule has 0 spiro atoms. The van der Waals surface area contributed by atoms with E-state index in [0.29, 0.717) is 18.4 Å². The molecule has 1 aromatic carbocycles. The number of aliphatic hydroxyl groups excluding tert-OH is 1. The number of benzene rings is 1. The van der Waals surface area contributed by atoms with Gasteiger partial charge in [-0.15, -0.1) is 0 Å². The molecular formula is C19H24F3NO3. The topological polar surface area (TPSA) is 69.6 Å². The number of amides is 1. The zero-order valence-electron chi connectivity index (χ0n) is 16.2. The maximum absolute atomic E-state index is 12.2. The smallest absolute Gasteiger partial charge is 0.388 e. The minimum absolute atomic E-state index is 0.157. The molecule has 0 saturated heterocycles. The van der Waals surface area contributed by atoms with Crippen molar-refractivity contribution in [1.29, 1.82) is 0 Å². The van der Waals surface area contributed by atoms with Crippen LogP contribution in [0.25, 0.3) is 6.08 Å². The van der Waals surface area contributed by atoms with Crippen LogP contribution < -0.4 is 5.32 Å². The van der Waals surface area contributed by atoms with Gasteiger partial charge in [0.2, 0.25) is 0 Å². The summed E-state index contributed by atoms with van der Waals surface area (Å²) in [6.45, 7) is -0.994. The van der Waals surface area contributed by atoms with Gasteiger partial charge in [-0.05, 0) is 36.4 Å². The average molecular weight is 373 g/mol. The lowest BCUT2D eigenvalue weighted by molar-refractivity contribution is -0.173. The predicted molar refractivity (Wildman–Crippen MR) is 92.2 cm³/mol. The van der Waals surface area contributed by atoms with Gasteiger partial charge in [0.05, 0.1) is 11.7 Å². The number of carbonyl (C=O) groups excluding carboxylic acids is 1. The molecule has 1 amide bonds. The summed E-state index contributed by atoms with van der Waals surface area (Å²) in [4.78, 5) is 10.9. The summed E-state index contributed by atoms with van der Waals surface area (Å²) in [7, 11) is 0. The monoisotopic (exact) mass is 373 g/mol. The number of alkyl halides is 3. The van der Waals surface area contributed by atoms with Crippen LogP contribution in [0.2, 0.25) is 0 Å². The van der Waals surface area contributed by atoms with Crippen molar-refractivity contribution in [2.24, 2.45) is 0 Å². The SMILES string of the molecule is [2H]C([2H])(CNC(=O)C(F)(F)F)C(O)c1cccc(C=CC2(O)CCCCC2)c1. The van der Waals surface area contributed by atoms with Crippen LogP contribution in [0.15, 0.2) is 30.3 Å². The molecule has 3 N–H and O–H groups in total. The van der Waals surface area contributed by atoms with Gasteiger partial charge in [-0.1, -0.05) is 49.6 Å². The summed E-state index contributed by atoms with van der Waals surface area (Å²) in [6, 6.07) is 6.23. The first-order valence-electron chi connectivity index (χ1n) is 9.48. The first kappa shape index (κ1) is 17.5. The zero-order valence-corrected chi connectivity index (χ0v) is 14.2. The lowest BCUT2D eigenvalue weighted by Gasteiger charge is -2.28. The van der Waals surface area contributed by atoms with Crippen LogP contribution >= 0.6 is 0 Å². The van der Waals surface area contributed by atoms with E-state index in [1.165, 1.54) is 17.4 Å². The fourth-order valence-corrected chi connectivity index (χ4v) is 2.86. The molecule has 1 aliphatic carbocycles. The lowest BCUT2D eigenvalue weighted by Crippen LogP contribution is -2.37. The Kier molecular flexibility index (Phi) is 5.86. The van der Waals surface area contributed by atoms with Gasteiger partial charge < -0.3 is 15.5 Å². The molecule has 1 unspecified atom stereocenters. The van der Waals surface area contributed by atoms with E-state index in [9.17, 15) is 28.2 Å². The first-order chi connectivity index (χ1) is 12.9. The van der Waals surface area contributed by atoms with Crippen molar-refractivity contribution in [3.8, 4) is 0 Å². The highest BCUT2D eigenvalue weighted by atomic mass is 19.4. The van der Waals surface area contributed by atoms with E-state index in [2.05, 4.69) is 0 Å². The predicted octanol–water partition coefficient (Wildman–Crippen LogP) is 3.50. The Morgan fingerprint density at radius 1 is 1.35 bits per heavy atom. The molecule has 1 aliphatic rings. The number of nitrogens with one attached hydrogen (secondary N) is 1. The van der Waals surface area contributed by atoms with Gasteiger partial charge in [0.1, 0.15) is 0 Å². The van der Waals surface area contributed by atoms with Crippen LogP contribution in [-0.4, -0.2) is 34.4 Å². The Morgan fingerprint density at radius 2 is 2.04 bits per heavy atom. The third kappa shape index (κ3) is 6.14. The van der Waals surface area contributed by atoms with Gasteiger partial charge in [-0.2, -0.15) is 13.2 Å². The fourth-order valence-electron chi connectivity index (χ4n) is 2.86. The largest absolute Gasteiger partial charge is 0.471 e. The average Bonchev–Trinajstić information content (AvgIpc) is 2.64. The number of carbonyl (C=O) groups is 1. The van der Waals surface area contributed by atoms with E-state index in [4.69, 9.17) is 2.74 Å².